The maximum Gasteiger partial charge on any atom is 0.0255 e. The highest BCUT2D eigenvalue weighted by molar-refractivity contribution is 5.45. The fourth-order valence-corrected chi connectivity index (χ4v) is 4.46. The Hall–Kier alpha value is -2.44. The van der Waals surface area contributed by atoms with Crippen LogP contribution in [-0.2, 0) is 0 Å². The van der Waals surface area contributed by atoms with Crippen LogP contribution in [0.4, 0.5) is 0 Å². The Morgan fingerprint density at radius 2 is 1.33 bits per heavy atom. The van der Waals surface area contributed by atoms with Crippen molar-refractivity contribution < 1.29 is 0 Å². The second kappa shape index (κ2) is 11.7. The SMILES string of the molecule is CCCCCC1CCC(c2ccc(C#CC#Cc3ccc(C(C)C)cc3)cc2)CC1. The van der Waals surface area contributed by atoms with Gasteiger partial charge in [0.25, 0.3) is 0 Å². The third-order valence-corrected chi connectivity index (χ3v) is 6.50. The van der Waals surface area contributed by atoms with E-state index in [9.17, 15) is 0 Å². The van der Waals surface area contributed by atoms with Crippen LogP contribution < -0.4 is 0 Å². The van der Waals surface area contributed by atoms with E-state index in [1.807, 2.05) is 0 Å². The summed E-state index contributed by atoms with van der Waals surface area (Å²) in [5.41, 5.74) is 4.91. The number of rotatable bonds is 6. The van der Waals surface area contributed by atoms with Crippen LogP contribution in [0.5, 0.6) is 0 Å². The molecular weight excluding hydrogens is 360 g/mol. The lowest BCUT2D eigenvalue weighted by molar-refractivity contribution is 0.303. The molecule has 0 aromatic heterocycles. The van der Waals surface area contributed by atoms with E-state index in [1.165, 1.54) is 62.5 Å². The summed E-state index contributed by atoms with van der Waals surface area (Å²) in [5.74, 6) is 14.6. The number of benzene rings is 2. The van der Waals surface area contributed by atoms with Crippen molar-refractivity contribution in [3.8, 4) is 23.7 Å². The van der Waals surface area contributed by atoms with Gasteiger partial charge in [-0.3, -0.25) is 0 Å². The van der Waals surface area contributed by atoms with Gasteiger partial charge in [0.15, 0.2) is 0 Å². The second-order valence-corrected chi connectivity index (χ2v) is 9.11. The molecule has 1 fully saturated rings. The van der Waals surface area contributed by atoms with Crippen molar-refractivity contribution in [2.75, 3.05) is 0 Å². The fraction of sp³-hybridized carbons (Fsp3) is 0.467. The van der Waals surface area contributed by atoms with Crippen molar-refractivity contribution in [2.24, 2.45) is 5.92 Å². The number of hydrogen-bond acceptors (Lipinski definition) is 0. The molecule has 3 rings (SSSR count). The standard InChI is InChI=1S/C30H36/c1-4-5-6-9-25-14-20-29(21-15-25)30-22-16-27(17-23-30)11-8-7-10-26-12-18-28(19-13-26)24(2)3/h12-13,16-19,22-25,29H,4-6,9,14-15,20-21H2,1-3H3. The molecule has 1 aliphatic rings. The lowest BCUT2D eigenvalue weighted by atomic mass is 9.77. The van der Waals surface area contributed by atoms with Crippen molar-refractivity contribution in [1.29, 1.82) is 0 Å². The monoisotopic (exact) mass is 396 g/mol. The van der Waals surface area contributed by atoms with Crippen LogP contribution in [0, 0.1) is 29.6 Å². The van der Waals surface area contributed by atoms with Gasteiger partial charge in [-0.25, -0.2) is 0 Å². The van der Waals surface area contributed by atoms with Crippen LogP contribution in [0.15, 0.2) is 48.5 Å². The molecule has 0 atom stereocenters. The lowest BCUT2D eigenvalue weighted by Crippen LogP contribution is -2.13. The van der Waals surface area contributed by atoms with Crippen LogP contribution in [0.25, 0.3) is 0 Å². The molecule has 0 saturated heterocycles. The molecule has 1 aliphatic carbocycles. The highest BCUT2D eigenvalue weighted by Crippen LogP contribution is 2.37. The van der Waals surface area contributed by atoms with E-state index in [-0.39, 0.29) is 0 Å². The Labute approximate surface area is 184 Å². The lowest BCUT2D eigenvalue weighted by Gasteiger charge is -2.29. The minimum atomic E-state index is 0.551. The Kier molecular flexibility index (Phi) is 8.66. The molecule has 0 amide bonds. The van der Waals surface area contributed by atoms with Crippen molar-refractivity contribution in [3.63, 3.8) is 0 Å². The van der Waals surface area contributed by atoms with Crippen LogP contribution in [0.2, 0.25) is 0 Å². The average Bonchev–Trinajstić information content (AvgIpc) is 2.78. The number of hydrogen-bond donors (Lipinski definition) is 0. The molecule has 0 radical (unpaired) electrons. The van der Waals surface area contributed by atoms with Gasteiger partial charge in [-0.2, -0.15) is 0 Å². The first-order chi connectivity index (χ1) is 14.7. The second-order valence-electron chi connectivity index (χ2n) is 9.11. The van der Waals surface area contributed by atoms with Crippen molar-refractivity contribution in [3.05, 3.63) is 70.8 Å². The van der Waals surface area contributed by atoms with Gasteiger partial charge in [0.2, 0.25) is 0 Å². The van der Waals surface area contributed by atoms with Crippen LogP contribution in [-0.4, -0.2) is 0 Å². The van der Waals surface area contributed by atoms with Crippen molar-refractivity contribution >= 4 is 0 Å². The summed E-state index contributed by atoms with van der Waals surface area (Å²) >= 11 is 0. The molecule has 156 valence electrons. The molecule has 0 heteroatoms. The van der Waals surface area contributed by atoms with E-state index in [4.69, 9.17) is 0 Å². The maximum atomic E-state index is 3.19. The molecule has 0 aliphatic heterocycles. The highest BCUT2D eigenvalue weighted by Gasteiger charge is 2.21. The van der Waals surface area contributed by atoms with Gasteiger partial charge in [-0.15, -0.1) is 0 Å². The zero-order valence-electron chi connectivity index (χ0n) is 19.0. The first-order valence-electron chi connectivity index (χ1n) is 11.9. The third-order valence-electron chi connectivity index (χ3n) is 6.50. The van der Waals surface area contributed by atoms with Gasteiger partial charge in [0, 0.05) is 11.1 Å². The van der Waals surface area contributed by atoms with Gasteiger partial charge >= 0.3 is 0 Å². The first kappa shape index (κ1) is 22.2. The average molecular weight is 397 g/mol. The summed E-state index contributed by atoms with van der Waals surface area (Å²) in [6.07, 6.45) is 11.1. The zero-order chi connectivity index (χ0) is 21.2. The van der Waals surface area contributed by atoms with Gasteiger partial charge in [-0.05, 0) is 90.7 Å². The molecule has 0 unspecified atom stereocenters. The quantitative estimate of drug-likeness (QED) is 0.342. The summed E-state index contributed by atoms with van der Waals surface area (Å²) in [6.45, 7) is 6.71. The Bertz CT molecular complexity index is 883. The van der Waals surface area contributed by atoms with E-state index in [1.54, 1.807) is 0 Å². The summed E-state index contributed by atoms with van der Waals surface area (Å²) in [5, 5.41) is 0. The normalized spacial score (nSPS) is 18.3. The summed E-state index contributed by atoms with van der Waals surface area (Å²) in [4.78, 5) is 0. The van der Waals surface area contributed by atoms with Crippen molar-refractivity contribution in [1.82, 2.24) is 0 Å². The maximum absolute atomic E-state index is 3.19. The molecule has 0 N–H and O–H groups in total. The smallest absolute Gasteiger partial charge is 0.0255 e. The zero-order valence-corrected chi connectivity index (χ0v) is 19.0. The first-order valence-corrected chi connectivity index (χ1v) is 11.9. The van der Waals surface area contributed by atoms with E-state index in [0.29, 0.717) is 5.92 Å². The fourth-order valence-electron chi connectivity index (χ4n) is 4.46. The van der Waals surface area contributed by atoms with Crippen LogP contribution in [0.3, 0.4) is 0 Å². The molecule has 0 spiro atoms. The Morgan fingerprint density at radius 3 is 1.87 bits per heavy atom. The summed E-state index contributed by atoms with van der Waals surface area (Å²) in [7, 11) is 0. The Morgan fingerprint density at radius 1 is 0.767 bits per heavy atom. The minimum Gasteiger partial charge on any atom is -0.0654 e. The third kappa shape index (κ3) is 6.82. The van der Waals surface area contributed by atoms with Crippen molar-refractivity contribution in [2.45, 2.75) is 84.0 Å². The molecule has 2 aromatic carbocycles. The molecule has 0 nitrogen and oxygen atoms in total. The van der Waals surface area contributed by atoms with E-state index in [0.717, 1.165) is 23.0 Å². The van der Waals surface area contributed by atoms with Gasteiger partial charge in [0.1, 0.15) is 0 Å². The molecule has 2 aromatic rings. The number of unbranched alkanes of at least 4 members (excludes halogenated alkanes) is 2. The summed E-state index contributed by atoms with van der Waals surface area (Å²) in [6, 6.07) is 17.4. The molecule has 1 saturated carbocycles. The topological polar surface area (TPSA) is 0 Å². The van der Waals surface area contributed by atoms with Crippen LogP contribution in [0.1, 0.15) is 106 Å². The minimum absolute atomic E-state index is 0.551. The predicted octanol–water partition coefficient (Wildman–Crippen LogP) is 8.07. The van der Waals surface area contributed by atoms with E-state index in [2.05, 4.69) is 93.0 Å². The highest BCUT2D eigenvalue weighted by atomic mass is 14.3. The molecule has 0 heterocycles. The largest absolute Gasteiger partial charge is 0.0654 e. The molecule has 0 bridgehead atoms. The Balaban J connectivity index is 1.50. The molecular formula is C30H36. The summed E-state index contributed by atoms with van der Waals surface area (Å²) < 4.78 is 0. The van der Waals surface area contributed by atoms with Gasteiger partial charge < -0.3 is 0 Å². The molecule has 30 heavy (non-hydrogen) atoms. The van der Waals surface area contributed by atoms with Crippen LogP contribution >= 0.6 is 0 Å². The van der Waals surface area contributed by atoms with E-state index >= 15 is 0 Å². The predicted molar refractivity (Wildman–Crippen MR) is 130 cm³/mol. The van der Waals surface area contributed by atoms with E-state index < -0.39 is 0 Å². The van der Waals surface area contributed by atoms with Gasteiger partial charge in [0.05, 0.1) is 0 Å². The van der Waals surface area contributed by atoms with Gasteiger partial charge in [-0.1, -0.05) is 82.6 Å².